The molecule has 3 heteroatoms. The lowest BCUT2D eigenvalue weighted by Gasteiger charge is -1.92. The van der Waals surface area contributed by atoms with Gasteiger partial charge in [0.05, 0.1) is 0 Å². The van der Waals surface area contributed by atoms with Crippen LogP contribution in [0.25, 0.3) is 0 Å². The smallest absolute Gasteiger partial charge is 0.248 e. The van der Waals surface area contributed by atoms with Crippen LogP contribution in [0, 0.1) is 0 Å². The fourth-order valence-corrected chi connectivity index (χ4v) is 0.803. The van der Waals surface area contributed by atoms with Crippen LogP contribution in [0.5, 0.6) is 0 Å². The van der Waals surface area contributed by atoms with E-state index in [4.69, 9.17) is 10.8 Å². The maximum atomic E-state index is 10.6. The van der Waals surface area contributed by atoms with Gasteiger partial charge in [-0.3, -0.25) is 4.79 Å². The van der Waals surface area contributed by atoms with E-state index in [9.17, 15) is 4.79 Å². The van der Waals surface area contributed by atoms with Crippen molar-refractivity contribution < 1.29 is 9.90 Å². The van der Waals surface area contributed by atoms with Gasteiger partial charge in [-0.15, -0.1) is 0 Å². The number of nitrogens with two attached hydrogens (primary N) is 1. The molecular weight excluding hydrogens is 142 g/mol. The molecule has 0 bridgehead atoms. The van der Waals surface area contributed by atoms with Crippen molar-refractivity contribution in [3.63, 3.8) is 0 Å². The second-order valence-electron chi connectivity index (χ2n) is 2.23. The number of hydrogen-bond donors (Lipinski definition) is 2. The van der Waals surface area contributed by atoms with Crippen molar-refractivity contribution in [1.82, 2.24) is 0 Å². The van der Waals surface area contributed by atoms with E-state index in [0.717, 1.165) is 0 Å². The predicted molar refractivity (Wildman–Crippen MR) is 41.7 cm³/mol. The van der Waals surface area contributed by atoms with Gasteiger partial charge in [0.25, 0.3) is 0 Å². The topological polar surface area (TPSA) is 63.3 Å². The van der Waals surface area contributed by atoms with Crippen LogP contribution in [0.2, 0.25) is 0 Å². The lowest BCUT2D eigenvalue weighted by Crippen LogP contribution is -2.12. The fraction of sp³-hybridized carbons (Fsp3) is 0.125. The van der Waals surface area contributed by atoms with Gasteiger partial charge in [0.1, 0.15) is 5.76 Å². The van der Waals surface area contributed by atoms with Crippen molar-refractivity contribution in [2.75, 3.05) is 0 Å². The van der Waals surface area contributed by atoms with Crippen LogP contribution in [0.3, 0.4) is 0 Å². The Morgan fingerprint density at radius 3 is 3.00 bits per heavy atom. The number of primary amides is 1. The molecular formula is C8H9NO2. The summed E-state index contributed by atoms with van der Waals surface area (Å²) in [6, 6.07) is 0. The molecule has 1 rings (SSSR count). The minimum absolute atomic E-state index is 0.0869. The van der Waals surface area contributed by atoms with Crippen molar-refractivity contribution in [2.24, 2.45) is 5.73 Å². The third-order valence-corrected chi connectivity index (χ3v) is 1.35. The Morgan fingerprint density at radius 1 is 1.64 bits per heavy atom. The molecule has 0 heterocycles. The van der Waals surface area contributed by atoms with Gasteiger partial charge in [0.15, 0.2) is 0 Å². The normalized spacial score (nSPS) is 16.7. The largest absolute Gasteiger partial charge is 0.508 e. The molecule has 0 spiro atoms. The molecule has 0 aromatic carbocycles. The Labute approximate surface area is 64.5 Å². The third kappa shape index (κ3) is 1.97. The van der Waals surface area contributed by atoms with Crippen LogP contribution in [0.4, 0.5) is 0 Å². The van der Waals surface area contributed by atoms with Crippen LogP contribution < -0.4 is 5.73 Å². The SMILES string of the molecule is NC(=O)C1=CC(O)=CCC=C1. The number of rotatable bonds is 1. The van der Waals surface area contributed by atoms with E-state index < -0.39 is 5.91 Å². The van der Waals surface area contributed by atoms with Crippen LogP contribution >= 0.6 is 0 Å². The predicted octanol–water partition coefficient (Wildman–Crippen LogP) is 0.800. The van der Waals surface area contributed by atoms with Gasteiger partial charge >= 0.3 is 0 Å². The van der Waals surface area contributed by atoms with Gasteiger partial charge in [0, 0.05) is 5.57 Å². The molecule has 3 nitrogen and oxygen atoms in total. The first-order valence-electron chi connectivity index (χ1n) is 3.27. The Hall–Kier alpha value is -1.51. The lowest BCUT2D eigenvalue weighted by molar-refractivity contribution is -0.114. The standard InChI is InChI=1S/C8H9NO2/c9-8(11)6-3-1-2-4-7(10)5-6/h1,3-5,10H,2H2,(H2,9,11). The van der Waals surface area contributed by atoms with E-state index in [1.165, 1.54) is 6.08 Å². The first-order chi connectivity index (χ1) is 5.20. The van der Waals surface area contributed by atoms with E-state index in [0.29, 0.717) is 12.0 Å². The van der Waals surface area contributed by atoms with Crippen LogP contribution in [-0.2, 0) is 4.79 Å². The quantitative estimate of drug-likeness (QED) is 0.582. The summed E-state index contributed by atoms with van der Waals surface area (Å²) in [5, 5.41) is 9.05. The first kappa shape index (κ1) is 7.60. The third-order valence-electron chi connectivity index (χ3n) is 1.35. The Morgan fingerprint density at radius 2 is 2.36 bits per heavy atom. The maximum Gasteiger partial charge on any atom is 0.248 e. The van der Waals surface area contributed by atoms with Crippen molar-refractivity contribution in [2.45, 2.75) is 6.42 Å². The van der Waals surface area contributed by atoms with E-state index in [2.05, 4.69) is 0 Å². The second-order valence-corrected chi connectivity index (χ2v) is 2.23. The summed E-state index contributed by atoms with van der Waals surface area (Å²) in [5.41, 5.74) is 5.33. The molecule has 0 saturated heterocycles. The van der Waals surface area contributed by atoms with Crippen molar-refractivity contribution >= 4 is 5.91 Å². The van der Waals surface area contributed by atoms with Gasteiger partial charge in [-0.25, -0.2) is 0 Å². The zero-order valence-electron chi connectivity index (χ0n) is 5.95. The van der Waals surface area contributed by atoms with Gasteiger partial charge in [-0.1, -0.05) is 12.2 Å². The molecule has 0 aromatic rings. The van der Waals surface area contributed by atoms with Gasteiger partial charge in [-0.2, -0.15) is 0 Å². The lowest BCUT2D eigenvalue weighted by atomic mass is 10.2. The Balaban J connectivity index is 2.93. The Bertz CT molecular complexity index is 261. The van der Waals surface area contributed by atoms with Gasteiger partial charge < -0.3 is 10.8 Å². The molecule has 1 aliphatic carbocycles. The van der Waals surface area contributed by atoms with Crippen molar-refractivity contribution in [1.29, 1.82) is 0 Å². The number of carbonyl (C=O) groups excluding carboxylic acids is 1. The minimum atomic E-state index is -0.525. The fourth-order valence-electron chi connectivity index (χ4n) is 0.803. The number of aliphatic hydroxyl groups excluding tert-OH is 1. The van der Waals surface area contributed by atoms with Crippen LogP contribution in [-0.4, -0.2) is 11.0 Å². The summed E-state index contributed by atoms with van der Waals surface area (Å²) >= 11 is 0. The number of allylic oxidation sites excluding steroid dienone is 3. The van der Waals surface area contributed by atoms with E-state index in [1.807, 2.05) is 0 Å². The van der Waals surface area contributed by atoms with E-state index >= 15 is 0 Å². The number of aliphatic hydroxyl groups is 1. The molecule has 0 unspecified atom stereocenters. The molecule has 0 atom stereocenters. The Kier molecular flexibility index (Phi) is 2.11. The highest BCUT2D eigenvalue weighted by Gasteiger charge is 2.02. The summed E-state index contributed by atoms with van der Waals surface area (Å²) in [6.45, 7) is 0. The second kappa shape index (κ2) is 3.05. The first-order valence-corrected chi connectivity index (χ1v) is 3.27. The molecule has 0 saturated carbocycles. The molecule has 11 heavy (non-hydrogen) atoms. The van der Waals surface area contributed by atoms with Crippen molar-refractivity contribution in [3.8, 4) is 0 Å². The zero-order chi connectivity index (χ0) is 8.27. The summed E-state index contributed by atoms with van der Waals surface area (Å²) in [7, 11) is 0. The maximum absolute atomic E-state index is 10.6. The summed E-state index contributed by atoms with van der Waals surface area (Å²) in [5.74, 6) is -0.438. The average Bonchev–Trinajstić information content (AvgIpc) is 2.13. The van der Waals surface area contributed by atoms with Crippen LogP contribution in [0.15, 0.2) is 35.6 Å². The molecule has 3 N–H and O–H groups in total. The van der Waals surface area contributed by atoms with Crippen molar-refractivity contribution in [3.05, 3.63) is 35.6 Å². The molecule has 0 aromatic heterocycles. The highest BCUT2D eigenvalue weighted by Crippen LogP contribution is 2.07. The highest BCUT2D eigenvalue weighted by molar-refractivity contribution is 5.95. The molecule has 1 amide bonds. The highest BCUT2D eigenvalue weighted by atomic mass is 16.3. The minimum Gasteiger partial charge on any atom is -0.508 e. The monoisotopic (exact) mass is 151 g/mol. The van der Waals surface area contributed by atoms with Gasteiger partial charge in [-0.05, 0) is 18.6 Å². The molecule has 1 aliphatic rings. The summed E-state index contributed by atoms with van der Waals surface area (Å²) < 4.78 is 0. The summed E-state index contributed by atoms with van der Waals surface area (Å²) in [6.07, 6.45) is 6.94. The summed E-state index contributed by atoms with van der Waals surface area (Å²) in [4.78, 5) is 10.6. The average molecular weight is 151 g/mol. The van der Waals surface area contributed by atoms with Gasteiger partial charge in [0.2, 0.25) is 5.91 Å². The number of hydrogen-bond acceptors (Lipinski definition) is 2. The zero-order valence-corrected chi connectivity index (χ0v) is 5.95. The molecule has 0 aliphatic heterocycles. The molecule has 0 fully saturated rings. The van der Waals surface area contributed by atoms with Crippen LogP contribution in [0.1, 0.15) is 6.42 Å². The van der Waals surface area contributed by atoms with E-state index in [-0.39, 0.29) is 5.76 Å². The molecule has 0 radical (unpaired) electrons. The number of amides is 1. The number of carbonyl (C=O) groups is 1. The molecule has 58 valence electrons. The van der Waals surface area contributed by atoms with E-state index in [1.54, 1.807) is 18.2 Å².